The minimum atomic E-state index is -2.91. The molecular weight excluding hydrogens is 294 g/mol. The van der Waals surface area contributed by atoms with Crippen molar-refractivity contribution >= 4 is 38.6 Å². The number of Topliss-reactive ketones (excluding diaryl/α,β-unsaturated/α-hetero) is 1. The van der Waals surface area contributed by atoms with Gasteiger partial charge in [-0.05, 0) is 25.6 Å². The van der Waals surface area contributed by atoms with E-state index in [1.54, 1.807) is 19.2 Å². The smallest absolute Gasteiger partial charge is 0.186 e. The first-order chi connectivity index (χ1) is 8.37. The van der Waals surface area contributed by atoms with Gasteiger partial charge in [-0.2, -0.15) is 0 Å². The van der Waals surface area contributed by atoms with Gasteiger partial charge in [-0.25, -0.2) is 8.42 Å². The number of hydrogen-bond donors (Lipinski definition) is 0. The fourth-order valence-electron chi connectivity index (χ4n) is 2.02. The highest BCUT2D eigenvalue weighted by Crippen LogP contribution is 2.23. The van der Waals surface area contributed by atoms with Crippen LogP contribution < -0.4 is 0 Å². The Balaban J connectivity index is 1.96. The van der Waals surface area contributed by atoms with E-state index in [1.807, 2.05) is 4.90 Å². The maximum Gasteiger partial charge on any atom is 0.186 e. The zero-order chi connectivity index (χ0) is 13.3. The Hall–Kier alpha value is -0.430. The largest absolute Gasteiger partial charge is 0.295 e. The number of carbonyl (C=O) groups excluding carboxylic acids is 1. The van der Waals surface area contributed by atoms with E-state index in [0.29, 0.717) is 15.6 Å². The molecular formula is C11H14ClNO3S2. The van der Waals surface area contributed by atoms with Gasteiger partial charge in [0.15, 0.2) is 15.6 Å². The van der Waals surface area contributed by atoms with E-state index < -0.39 is 9.84 Å². The number of carbonyl (C=O) groups is 1. The second kappa shape index (κ2) is 5.28. The van der Waals surface area contributed by atoms with Crippen LogP contribution >= 0.6 is 22.9 Å². The number of likely N-dealkylation sites (N-methyl/N-ethyl adjacent to an activating group) is 1. The molecule has 0 amide bonds. The number of hydrogen-bond acceptors (Lipinski definition) is 5. The highest BCUT2D eigenvalue weighted by atomic mass is 35.5. The average Bonchev–Trinajstić information content (AvgIpc) is 2.84. The third-order valence-corrected chi connectivity index (χ3v) is 6.10. The molecule has 1 aliphatic heterocycles. The monoisotopic (exact) mass is 307 g/mol. The summed E-state index contributed by atoms with van der Waals surface area (Å²) in [6.45, 7) is 0.233. The van der Waals surface area contributed by atoms with Crippen LogP contribution in [-0.2, 0) is 9.84 Å². The Morgan fingerprint density at radius 3 is 2.78 bits per heavy atom. The van der Waals surface area contributed by atoms with Crippen LogP contribution in [-0.4, -0.2) is 50.2 Å². The molecule has 2 heterocycles. The normalized spacial score (nSPS) is 22.5. The molecule has 0 N–H and O–H groups in total. The third kappa shape index (κ3) is 3.32. The lowest BCUT2D eigenvalue weighted by atomic mass is 10.2. The second-order valence-corrected chi connectivity index (χ2v) is 8.44. The summed E-state index contributed by atoms with van der Waals surface area (Å²) >= 11 is 7.03. The van der Waals surface area contributed by atoms with Crippen LogP contribution in [0.25, 0.3) is 0 Å². The second-order valence-electron chi connectivity index (χ2n) is 4.50. The average molecular weight is 308 g/mol. The topological polar surface area (TPSA) is 54.5 Å². The van der Waals surface area contributed by atoms with Gasteiger partial charge in [0.1, 0.15) is 0 Å². The van der Waals surface area contributed by atoms with E-state index in [4.69, 9.17) is 11.6 Å². The summed E-state index contributed by atoms with van der Waals surface area (Å²) in [5.74, 6) is 0.363. The lowest BCUT2D eigenvalue weighted by Crippen LogP contribution is -2.36. The predicted molar refractivity (Wildman–Crippen MR) is 73.3 cm³/mol. The summed E-state index contributed by atoms with van der Waals surface area (Å²) < 4.78 is 23.3. The zero-order valence-electron chi connectivity index (χ0n) is 9.93. The molecule has 18 heavy (non-hydrogen) atoms. The first kappa shape index (κ1) is 14.0. The molecule has 1 aliphatic rings. The van der Waals surface area contributed by atoms with Crippen molar-refractivity contribution in [3.63, 3.8) is 0 Å². The number of rotatable bonds is 4. The summed E-state index contributed by atoms with van der Waals surface area (Å²) in [6.07, 6.45) is 0.608. The van der Waals surface area contributed by atoms with Crippen molar-refractivity contribution in [2.75, 3.05) is 25.1 Å². The van der Waals surface area contributed by atoms with Gasteiger partial charge in [0.2, 0.25) is 0 Å². The fraction of sp³-hybridized carbons (Fsp3) is 0.545. The van der Waals surface area contributed by atoms with E-state index in [1.165, 1.54) is 11.3 Å². The third-order valence-electron chi connectivity index (χ3n) is 3.07. The van der Waals surface area contributed by atoms with Gasteiger partial charge < -0.3 is 0 Å². The van der Waals surface area contributed by atoms with E-state index in [9.17, 15) is 13.2 Å². The molecule has 1 fully saturated rings. The van der Waals surface area contributed by atoms with Crippen molar-refractivity contribution in [3.8, 4) is 0 Å². The maximum atomic E-state index is 11.9. The number of thiophene rings is 1. The first-order valence-electron chi connectivity index (χ1n) is 5.56. The molecule has 1 aromatic heterocycles. The zero-order valence-corrected chi connectivity index (χ0v) is 12.3. The highest BCUT2D eigenvalue weighted by Gasteiger charge is 2.31. The number of nitrogens with zero attached hydrogens (tertiary/aromatic N) is 1. The molecule has 0 radical (unpaired) electrons. The van der Waals surface area contributed by atoms with E-state index >= 15 is 0 Å². The van der Waals surface area contributed by atoms with Gasteiger partial charge in [-0.15, -0.1) is 11.3 Å². The Bertz CT molecular complexity index is 552. The van der Waals surface area contributed by atoms with E-state index in [-0.39, 0.29) is 29.9 Å². The molecule has 7 heteroatoms. The van der Waals surface area contributed by atoms with Gasteiger partial charge in [-0.1, -0.05) is 11.6 Å². The van der Waals surface area contributed by atoms with Crippen LogP contribution in [0.5, 0.6) is 0 Å². The van der Waals surface area contributed by atoms with Crippen LogP contribution in [0.2, 0.25) is 4.34 Å². The maximum absolute atomic E-state index is 11.9. The highest BCUT2D eigenvalue weighted by molar-refractivity contribution is 7.91. The number of ketones is 1. The molecule has 1 atom stereocenters. The van der Waals surface area contributed by atoms with Gasteiger partial charge in [0, 0.05) is 6.04 Å². The van der Waals surface area contributed by atoms with Crippen molar-refractivity contribution < 1.29 is 13.2 Å². The summed E-state index contributed by atoms with van der Waals surface area (Å²) in [5, 5.41) is 0. The first-order valence-corrected chi connectivity index (χ1v) is 8.58. The molecule has 0 aliphatic carbocycles. The van der Waals surface area contributed by atoms with Crippen LogP contribution in [0.1, 0.15) is 16.1 Å². The minimum absolute atomic E-state index is 0.0151. The summed E-state index contributed by atoms with van der Waals surface area (Å²) in [7, 11) is -1.12. The van der Waals surface area contributed by atoms with E-state index in [2.05, 4.69) is 0 Å². The lowest BCUT2D eigenvalue weighted by molar-refractivity contribution is 0.0930. The Morgan fingerprint density at radius 2 is 2.28 bits per heavy atom. The van der Waals surface area contributed by atoms with Crippen molar-refractivity contribution in [1.82, 2.24) is 4.90 Å². The Labute approximate surface area is 115 Å². The Morgan fingerprint density at radius 1 is 1.56 bits per heavy atom. The quantitative estimate of drug-likeness (QED) is 0.795. The van der Waals surface area contributed by atoms with Gasteiger partial charge >= 0.3 is 0 Å². The summed E-state index contributed by atoms with van der Waals surface area (Å²) in [6, 6.07) is 3.35. The molecule has 0 bridgehead atoms. The van der Waals surface area contributed by atoms with E-state index in [0.717, 1.165) is 0 Å². The molecule has 100 valence electrons. The molecule has 1 aromatic rings. The predicted octanol–water partition coefficient (Wildman–Crippen LogP) is 1.70. The lowest BCUT2D eigenvalue weighted by Gasteiger charge is -2.21. The minimum Gasteiger partial charge on any atom is -0.295 e. The SMILES string of the molecule is CN(CC(=O)c1ccc(Cl)s1)C1CCS(=O)(=O)C1. The van der Waals surface area contributed by atoms with Crippen molar-refractivity contribution in [2.45, 2.75) is 12.5 Å². The number of sulfone groups is 1. The molecule has 1 unspecified atom stereocenters. The molecule has 0 aromatic carbocycles. The van der Waals surface area contributed by atoms with Crippen molar-refractivity contribution in [3.05, 3.63) is 21.3 Å². The summed E-state index contributed by atoms with van der Waals surface area (Å²) in [4.78, 5) is 14.4. The van der Waals surface area contributed by atoms with Crippen molar-refractivity contribution in [2.24, 2.45) is 0 Å². The molecule has 0 saturated carbocycles. The van der Waals surface area contributed by atoms with Crippen LogP contribution in [0.3, 0.4) is 0 Å². The van der Waals surface area contributed by atoms with Crippen LogP contribution in [0, 0.1) is 0 Å². The Kier molecular flexibility index (Phi) is 4.11. The van der Waals surface area contributed by atoms with Crippen LogP contribution in [0.15, 0.2) is 12.1 Å². The van der Waals surface area contributed by atoms with Crippen molar-refractivity contribution in [1.29, 1.82) is 0 Å². The standard InChI is InChI=1S/C11H14ClNO3S2/c1-13(8-4-5-18(15,16)7-8)6-9(14)10-2-3-11(12)17-10/h2-3,8H,4-7H2,1H3. The number of halogens is 1. The fourth-order valence-corrected chi connectivity index (χ4v) is 4.80. The molecule has 4 nitrogen and oxygen atoms in total. The van der Waals surface area contributed by atoms with Crippen LogP contribution in [0.4, 0.5) is 0 Å². The van der Waals surface area contributed by atoms with Gasteiger partial charge in [0.05, 0.1) is 27.3 Å². The van der Waals surface area contributed by atoms with Gasteiger partial charge in [0.25, 0.3) is 0 Å². The molecule has 1 saturated heterocycles. The molecule has 2 rings (SSSR count). The molecule has 0 spiro atoms. The summed E-state index contributed by atoms with van der Waals surface area (Å²) in [5.41, 5.74) is 0. The van der Waals surface area contributed by atoms with Gasteiger partial charge in [-0.3, -0.25) is 9.69 Å².